The number of rotatable bonds is 2. The molecule has 2 aromatic carbocycles. The van der Waals surface area contributed by atoms with E-state index in [9.17, 15) is 9.59 Å². The Morgan fingerprint density at radius 1 is 0.962 bits per heavy atom. The molecule has 0 fully saturated rings. The molecule has 0 bridgehead atoms. The lowest BCUT2D eigenvalue weighted by Crippen LogP contribution is -2.27. The van der Waals surface area contributed by atoms with Crippen molar-refractivity contribution in [2.45, 2.75) is 19.8 Å². The van der Waals surface area contributed by atoms with Gasteiger partial charge in [0.05, 0.1) is 5.52 Å². The molecule has 130 valence electrons. The highest BCUT2D eigenvalue weighted by Crippen LogP contribution is 2.22. The third kappa shape index (κ3) is 2.54. The lowest BCUT2D eigenvalue weighted by atomic mass is 10.1. The number of pyridine rings is 2. The fraction of sp³-hybridized carbons (Fsp3) is 0.143. The molecule has 0 amide bonds. The van der Waals surface area contributed by atoms with Crippen molar-refractivity contribution in [3.63, 3.8) is 0 Å². The van der Waals surface area contributed by atoms with Crippen LogP contribution in [0.4, 0.5) is 0 Å². The maximum Gasteiger partial charge on any atom is 0.268 e. The van der Waals surface area contributed by atoms with Crippen molar-refractivity contribution in [2.75, 3.05) is 0 Å². The zero-order valence-corrected chi connectivity index (χ0v) is 15.2. The Morgan fingerprint density at radius 3 is 2.38 bits per heavy atom. The molecule has 2 heterocycles. The molecule has 0 saturated heterocycles. The van der Waals surface area contributed by atoms with Crippen LogP contribution < -0.4 is 11.0 Å². The molecule has 2 aromatic heterocycles. The van der Waals surface area contributed by atoms with Gasteiger partial charge in [-0.3, -0.25) is 14.2 Å². The van der Waals surface area contributed by atoms with Gasteiger partial charge >= 0.3 is 0 Å². The second-order valence-electron chi connectivity index (χ2n) is 6.63. The molecule has 4 aromatic rings. The maximum absolute atomic E-state index is 13.3. The summed E-state index contributed by atoms with van der Waals surface area (Å²) in [6, 6.07) is 16.3. The predicted molar refractivity (Wildman–Crippen MR) is 107 cm³/mol. The molecule has 0 unspecified atom stereocenters. The molecule has 4 nitrogen and oxygen atoms in total. The molecule has 0 spiro atoms. The molecular weight excluding hydrogens is 348 g/mol. The average molecular weight is 365 g/mol. The number of aromatic nitrogens is 2. The minimum Gasteiger partial charge on any atom is -0.354 e. The van der Waals surface area contributed by atoms with Crippen molar-refractivity contribution in [2.24, 2.45) is 0 Å². The van der Waals surface area contributed by atoms with Crippen LogP contribution >= 0.6 is 11.6 Å². The SMILES string of the molecule is CC(C)c1cc2[nH]c3ccc(Cl)cc3c(=O)c2c(=O)n1-c1ccccc1. The molecule has 0 aliphatic rings. The van der Waals surface area contributed by atoms with Crippen LogP contribution in [0.2, 0.25) is 5.02 Å². The summed E-state index contributed by atoms with van der Waals surface area (Å²) in [4.78, 5) is 29.6. The molecule has 1 N–H and O–H groups in total. The molecule has 0 aliphatic heterocycles. The fourth-order valence-corrected chi connectivity index (χ4v) is 3.48. The number of nitrogens with zero attached hydrogens (tertiary/aromatic N) is 1. The Balaban J connectivity index is 2.22. The first-order valence-corrected chi connectivity index (χ1v) is 8.82. The largest absolute Gasteiger partial charge is 0.354 e. The molecule has 0 radical (unpaired) electrons. The summed E-state index contributed by atoms with van der Waals surface area (Å²) in [6.45, 7) is 4.05. The second-order valence-corrected chi connectivity index (χ2v) is 7.07. The van der Waals surface area contributed by atoms with E-state index < -0.39 is 0 Å². The van der Waals surface area contributed by atoms with Gasteiger partial charge in [-0.2, -0.15) is 0 Å². The van der Waals surface area contributed by atoms with Gasteiger partial charge in [0.25, 0.3) is 5.56 Å². The molecular formula is C21H17ClN2O2. The van der Waals surface area contributed by atoms with E-state index in [-0.39, 0.29) is 22.3 Å². The molecule has 0 aliphatic carbocycles. The van der Waals surface area contributed by atoms with Gasteiger partial charge in [0.1, 0.15) is 5.39 Å². The minimum atomic E-state index is -0.319. The van der Waals surface area contributed by atoms with Crippen LogP contribution in [-0.2, 0) is 0 Å². The monoisotopic (exact) mass is 364 g/mol. The zero-order chi connectivity index (χ0) is 18.4. The number of benzene rings is 2. The second kappa shape index (κ2) is 6.15. The third-order valence-electron chi connectivity index (χ3n) is 4.57. The molecule has 26 heavy (non-hydrogen) atoms. The van der Waals surface area contributed by atoms with E-state index in [2.05, 4.69) is 4.98 Å². The number of aromatic amines is 1. The van der Waals surface area contributed by atoms with Crippen LogP contribution in [-0.4, -0.2) is 9.55 Å². The van der Waals surface area contributed by atoms with E-state index in [4.69, 9.17) is 11.6 Å². The van der Waals surface area contributed by atoms with Crippen molar-refractivity contribution in [1.29, 1.82) is 0 Å². The summed E-state index contributed by atoms with van der Waals surface area (Å²) in [5.74, 6) is 0.108. The summed E-state index contributed by atoms with van der Waals surface area (Å²) in [6.07, 6.45) is 0. The fourth-order valence-electron chi connectivity index (χ4n) is 3.31. The number of hydrogen-bond acceptors (Lipinski definition) is 2. The van der Waals surface area contributed by atoms with Crippen LogP contribution in [0.1, 0.15) is 25.5 Å². The predicted octanol–water partition coefficient (Wildman–Crippen LogP) is 4.61. The summed E-state index contributed by atoms with van der Waals surface area (Å²) in [5, 5.41) is 1.02. The van der Waals surface area contributed by atoms with Gasteiger partial charge in [-0.1, -0.05) is 43.6 Å². The highest BCUT2D eigenvalue weighted by atomic mass is 35.5. The van der Waals surface area contributed by atoms with Gasteiger partial charge in [0, 0.05) is 27.3 Å². The van der Waals surface area contributed by atoms with E-state index in [0.29, 0.717) is 21.4 Å². The number of nitrogens with one attached hydrogen (secondary N) is 1. The van der Waals surface area contributed by atoms with E-state index in [1.54, 1.807) is 22.8 Å². The Morgan fingerprint density at radius 2 is 1.69 bits per heavy atom. The summed E-state index contributed by atoms with van der Waals surface area (Å²) in [7, 11) is 0. The average Bonchev–Trinajstić information content (AvgIpc) is 2.62. The van der Waals surface area contributed by atoms with Gasteiger partial charge in [0.2, 0.25) is 5.43 Å². The van der Waals surface area contributed by atoms with Crippen LogP contribution in [0.15, 0.2) is 64.2 Å². The number of para-hydroxylation sites is 1. The first-order valence-electron chi connectivity index (χ1n) is 8.44. The number of H-pyrrole nitrogens is 1. The highest BCUT2D eigenvalue weighted by Gasteiger charge is 2.17. The number of fused-ring (bicyclic) bond motifs is 2. The topological polar surface area (TPSA) is 54.9 Å². The molecule has 5 heteroatoms. The van der Waals surface area contributed by atoms with Crippen LogP contribution in [0.25, 0.3) is 27.5 Å². The smallest absolute Gasteiger partial charge is 0.268 e. The van der Waals surface area contributed by atoms with Gasteiger partial charge in [-0.25, -0.2) is 0 Å². The van der Waals surface area contributed by atoms with Crippen molar-refractivity contribution in [3.8, 4) is 5.69 Å². The minimum absolute atomic E-state index is 0.108. The van der Waals surface area contributed by atoms with E-state index in [0.717, 1.165) is 11.4 Å². The summed E-state index contributed by atoms with van der Waals surface area (Å²) >= 11 is 6.04. The van der Waals surface area contributed by atoms with Crippen LogP contribution in [0, 0.1) is 0 Å². The molecule has 4 rings (SSSR count). The van der Waals surface area contributed by atoms with Crippen molar-refractivity contribution in [3.05, 3.63) is 85.9 Å². The van der Waals surface area contributed by atoms with E-state index in [1.165, 1.54) is 0 Å². The zero-order valence-electron chi connectivity index (χ0n) is 14.4. The van der Waals surface area contributed by atoms with Gasteiger partial charge < -0.3 is 4.98 Å². The Kier molecular flexibility index (Phi) is 3.93. The Bertz CT molecular complexity index is 1250. The summed E-state index contributed by atoms with van der Waals surface area (Å²) in [5.41, 5.74) is 2.18. The quantitative estimate of drug-likeness (QED) is 0.528. The molecule has 0 saturated carbocycles. The van der Waals surface area contributed by atoms with E-state index in [1.807, 2.05) is 50.2 Å². The third-order valence-corrected chi connectivity index (χ3v) is 4.80. The van der Waals surface area contributed by atoms with Crippen molar-refractivity contribution < 1.29 is 0 Å². The van der Waals surface area contributed by atoms with E-state index >= 15 is 0 Å². The van der Waals surface area contributed by atoms with Crippen LogP contribution in [0.3, 0.4) is 0 Å². The van der Waals surface area contributed by atoms with Gasteiger partial charge in [-0.05, 0) is 42.3 Å². The summed E-state index contributed by atoms with van der Waals surface area (Å²) < 4.78 is 1.62. The normalized spacial score (nSPS) is 11.5. The Hall–Kier alpha value is -2.85. The van der Waals surface area contributed by atoms with Crippen molar-refractivity contribution >= 4 is 33.4 Å². The maximum atomic E-state index is 13.3. The highest BCUT2D eigenvalue weighted by molar-refractivity contribution is 6.31. The van der Waals surface area contributed by atoms with Crippen LogP contribution in [0.5, 0.6) is 0 Å². The lowest BCUT2D eigenvalue weighted by Gasteiger charge is -2.17. The standard InChI is InChI=1S/C21H17ClN2O2/c1-12(2)18-11-17-19(21(26)24(18)14-6-4-3-5-7-14)20(25)15-10-13(22)8-9-16(15)23-17/h3-12H,1-2H3,(H,23,25). The lowest BCUT2D eigenvalue weighted by molar-refractivity contribution is 0.764. The molecule has 0 atom stereocenters. The van der Waals surface area contributed by atoms with Crippen molar-refractivity contribution in [1.82, 2.24) is 9.55 Å². The number of hydrogen-bond donors (Lipinski definition) is 1. The van der Waals surface area contributed by atoms with Gasteiger partial charge in [0.15, 0.2) is 0 Å². The first kappa shape index (κ1) is 16.6. The number of halogens is 1. The Labute approximate surface area is 154 Å². The first-order chi connectivity index (χ1) is 12.5. The van der Waals surface area contributed by atoms with Gasteiger partial charge in [-0.15, -0.1) is 0 Å².